The number of nitrogens with one attached hydrogen (secondary N) is 2. The van der Waals surface area contributed by atoms with Gasteiger partial charge in [-0.25, -0.2) is 0 Å². The Morgan fingerprint density at radius 1 is 0.692 bits per heavy atom. The highest BCUT2D eigenvalue weighted by Gasteiger charge is 2.10. The second kappa shape index (κ2) is 11.9. The van der Waals surface area contributed by atoms with E-state index in [0.29, 0.717) is 0 Å². The van der Waals surface area contributed by atoms with E-state index in [9.17, 15) is 9.59 Å². The lowest BCUT2D eigenvalue weighted by Gasteiger charge is -2.09. The summed E-state index contributed by atoms with van der Waals surface area (Å²) < 4.78 is 0. The lowest BCUT2D eigenvalue weighted by Crippen LogP contribution is -2.19. The summed E-state index contributed by atoms with van der Waals surface area (Å²) in [6.07, 6.45) is 1.75. The number of carbonyl (C=O) groups excluding carboxylic acids is 2. The lowest BCUT2D eigenvalue weighted by molar-refractivity contribution is -0.120. The summed E-state index contributed by atoms with van der Waals surface area (Å²) in [6, 6.07) is 19.1. The maximum absolute atomic E-state index is 11.4. The van der Waals surface area contributed by atoms with Crippen LogP contribution >= 0.6 is 0 Å². The molecule has 0 aliphatic heterocycles. The Kier molecular flexibility index (Phi) is 9.77. The normalized spacial score (nSPS) is 12.2. The molecule has 4 nitrogen and oxygen atoms in total. The van der Waals surface area contributed by atoms with Crippen molar-refractivity contribution in [1.82, 2.24) is 0 Å². The van der Waals surface area contributed by atoms with E-state index in [1.807, 2.05) is 88.4 Å². The number of anilines is 2. The van der Waals surface area contributed by atoms with Crippen molar-refractivity contribution in [3.8, 4) is 0 Å². The van der Waals surface area contributed by atoms with Gasteiger partial charge in [-0.2, -0.15) is 0 Å². The highest BCUT2D eigenvalue weighted by atomic mass is 16.2. The monoisotopic (exact) mass is 354 g/mol. The second-order valence-electron chi connectivity index (χ2n) is 6.33. The molecule has 2 amide bonds. The van der Waals surface area contributed by atoms with Crippen LogP contribution in [0.5, 0.6) is 0 Å². The van der Waals surface area contributed by atoms with Gasteiger partial charge in [-0.15, -0.1) is 0 Å². The fourth-order valence-corrected chi connectivity index (χ4v) is 1.94. The molecule has 0 bridgehead atoms. The van der Waals surface area contributed by atoms with Crippen LogP contribution < -0.4 is 10.6 Å². The first-order valence-corrected chi connectivity index (χ1v) is 9.19. The Labute approximate surface area is 157 Å². The smallest absolute Gasteiger partial charge is 0.227 e. The molecule has 2 N–H and O–H groups in total. The largest absolute Gasteiger partial charge is 0.326 e. The molecule has 2 aromatic rings. The van der Waals surface area contributed by atoms with E-state index in [4.69, 9.17) is 0 Å². The van der Waals surface area contributed by atoms with E-state index >= 15 is 0 Å². The molecule has 0 aromatic heterocycles. The van der Waals surface area contributed by atoms with Crippen molar-refractivity contribution in [3.63, 3.8) is 0 Å². The van der Waals surface area contributed by atoms with Crippen LogP contribution in [0.15, 0.2) is 60.7 Å². The van der Waals surface area contributed by atoms with Crippen LogP contribution in [0.2, 0.25) is 0 Å². The van der Waals surface area contributed by atoms with Crippen LogP contribution in [0.4, 0.5) is 11.4 Å². The van der Waals surface area contributed by atoms with Gasteiger partial charge >= 0.3 is 0 Å². The van der Waals surface area contributed by atoms with Gasteiger partial charge in [-0.05, 0) is 37.1 Å². The Morgan fingerprint density at radius 2 is 1.00 bits per heavy atom. The maximum atomic E-state index is 11.4. The minimum Gasteiger partial charge on any atom is -0.326 e. The van der Waals surface area contributed by atoms with Crippen LogP contribution in [0.25, 0.3) is 0 Å². The van der Waals surface area contributed by atoms with Crippen LogP contribution in [0.1, 0.15) is 40.5 Å². The fourth-order valence-electron chi connectivity index (χ4n) is 1.94. The molecule has 2 aromatic carbocycles. The minimum absolute atomic E-state index is 0.0835. The van der Waals surface area contributed by atoms with Crippen LogP contribution in [-0.2, 0) is 9.59 Å². The summed E-state index contributed by atoms with van der Waals surface area (Å²) >= 11 is 0. The van der Waals surface area contributed by atoms with E-state index in [0.717, 1.165) is 24.2 Å². The molecule has 0 heterocycles. The predicted octanol–water partition coefficient (Wildman–Crippen LogP) is 5.34. The maximum Gasteiger partial charge on any atom is 0.227 e. The minimum atomic E-state index is 0.0835. The van der Waals surface area contributed by atoms with Crippen molar-refractivity contribution in [2.24, 2.45) is 11.8 Å². The third-order valence-corrected chi connectivity index (χ3v) is 4.20. The van der Waals surface area contributed by atoms with Crippen LogP contribution in [0, 0.1) is 11.8 Å². The van der Waals surface area contributed by atoms with Gasteiger partial charge in [-0.1, -0.05) is 64.1 Å². The molecule has 2 rings (SSSR count). The van der Waals surface area contributed by atoms with Gasteiger partial charge in [-0.3, -0.25) is 9.59 Å². The van der Waals surface area contributed by atoms with E-state index in [1.165, 1.54) is 0 Å². The topological polar surface area (TPSA) is 58.2 Å². The number of rotatable bonds is 6. The Bertz CT molecular complexity index is 597. The zero-order valence-corrected chi connectivity index (χ0v) is 16.2. The highest BCUT2D eigenvalue weighted by molar-refractivity contribution is 5.92. The molecule has 0 radical (unpaired) electrons. The molecule has 2 atom stereocenters. The Morgan fingerprint density at radius 3 is 1.27 bits per heavy atom. The van der Waals surface area contributed by atoms with E-state index in [-0.39, 0.29) is 23.7 Å². The molecule has 26 heavy (non-hydrogen) atoms. The lowest BCUT2D eigenvalue weighted by atomic mass is 10.1. The number of hydrogen-bond acceptors (Lipinski definition) is 2. The van der Waals surface area contributed by atoms with E-state index in [2.05, 4.69) is 10.6 Å². The first-order chi connectivity index (χ1) is 12.5. The summed E-state index contributed by atoms with van der Waals surface area (Å²) in [5, 5.41) is 5.71. The van der Waals surface area contributed by atoms with Crippen molar-refractivity contribution in [3.05, 3.63) is 60.7 Å². The SMILES string of the molecule is CCC(C)C(=O)Nc1ccccc1.CCC(C)C(=O)Nc1ccccc1. The van der Waals surface area contributed by atoms with Gasteiger partial charge in [0.2, 0.25) is 11.8 Å². The number of para-hydroxylation sites is 2. The van der Waals surface area contributed by atoms with Crippen LogP contribution in [-0.4, -0.2) is 11.8 Å². The molecule has 4 heteroatoms. The van der Waals surface area contributed by atoms with Gasteiger partial charge < -0.3 is 10.6 Å². The van der Waals surface area contributed by atoms with E-state index in [1.54, 1.807) is 0 Å². The average molecular weight is 354 g/mol. The van der Waals surface area contributed by atoms with Gasteiger partial charge in [0.1, 0.15) is 0 Å². The molecule has 0 aliphatic carbocycles. The first kappa shape index (κ1) is 21.4. The molecule has 0 fully saturated rings. The summed E-state index contributed by atoms with van der Waals surface area (Å²) in [5.41, 5.74) is 1.74. The zero-order valence-electron chi connectivity index (χ0n) is 16.2. The molecule has 0 saturated heterocycles. The Hall–Kier alpha value is -2.62. The molecule has 140 valence electrons. The third kappa shape index (κ3) is 7.97. The molecular weight excluding hydrogens is 324 g/mol. The molecule has 0 aliphatic rings. The van der Waals surface area contributed by atoms with Crippen LogP contribution in [0.3, 0.4) is 0 Å². The molecule has 0 spiro atoms. The van der Waals surface area contributed by atoms with Gasteiger partial charge in [0.25, 0.3) is 0 Å². The van der Waals surface area contributed by atoms with Crippen molar-refractivity contribution in [2.75, 3.05) is 10.6 Å². The number of benzene rings is 2. The van der Waals surface area contributed by atoms with Gasteiger partial charge in [0.15, 0.2) is 0 Å². The summed E-state index contributed by atoms with van der Waals surface area (Å²) in [7, 11) is 0. The number of carbonyl (C=O) groups is 2. The predicted molar refractivity (Wildman–Crippen MR) is 109 cm³/mol. The second-order valence-corrected chi connectivity index (χ2v) is 6.33. The summed E-state index contributed by atoms with van der Waals surface area (Å²) in [6.45, 7) is 7.88. The van der Waals surface area contributed by atoms with Gasteiger partial charge in [0.05, 0.1) is 0 Å². The fraction of sp³-hybridized carbons (Fsp3) is 0.364. The third-order valence-electron chi connectivity index (χ3n) is 4.20. The first-order valence-electron chi connectivity index (χ1n) is 9.19. The quantitative estimate of drug-likeness (QED) is 0.735. The summed E-state index contributed by atoms with van der Waals surface area (Å²) in [4.78, 5) is 22.9. The molecule has 2 unspecified atom stereocenters. The summed E-state index contributed by atoms with van der Waals surface area (Å²) in [5.74, 6) is 0.350. The molecule has 0 saturated carbocycles. The van der Waals surface area contributed by atoms with Crippen molar-refractivity contribution in [2.45, 2.75) is 40.5 Å². The number of amides is 2. The van der Waals surface area contributed by atoms with E-state index < -0.39 is 0 Å². The van der Waals surface area contributed by atoms with Crippen molar-refractivity contribution >= 4 is 23.2 Å². The zero-order chi connectivity index (χ0) is 19.4. The standard InChI is InChI=1S/2C11H15NO/c2*1-3-9(2)11(13)12-10-7-5-4-6-8-10/h2*4-9H,3H2,1-2H3,(H,12,13). The number of hydrogen-bond donors (Lipinski definition) is 2. The average Bonchev–Trinajstić information content (AvgIpc) is 2.68. The highest BCUT2D eigenvalue weighted by Crippen LogP contribution is 2.10. The molecular formula is C22H30N2O2. The van der Waals surface area contributed by atoms with Crippen molar-refractivity contribution < 1.29 is 9.59 Å². The van der Waals surface area contributed by atoms with Crippen molar-refractivity contribution in [1.29, 1.82) is 0 Å². The van der Waals surface area contributed by atoms with Gasteiger partial charge in [0, 0.05) is 23.2 Å². The Balaban J connectivity index is 0.000000260.